The summed E-state index contributed by atoms with van der Waals surface area (Å²) in [6.45, 7) is 6.10. The van der Waals surface area contributed by atoms with E-state index in [9.17, 15) is 4.79 Å². The average molecular weight is 443 g/mol. The third-order valence-electron chi connectivity index (χ3n) is 6.30. The zero-order valence-corrected chi connectivity index (χ0v) is 20.0. The summed E-state index contributed by atoms with van der Waals surface area (Å²) in [6.07, 6.45) is 8.69. The van der Waals surface area contributed by atoms with E-state index in [2.05, 4.69) is 19.1 Å². The molecule has 1 fully saturated rings. The number of hydrogen-bond donors (Lipinski definition) is 0. The zero-order chi connectivity index (χ0) is 23.2. The normalized spacial score (nSPS) is 14.1. The quantitative estimate of drug-likeness (QED) is 0.389. The second-order valence-electron chi connectivity index (χ2n) is 9.57. The van der Waals surface area contributed by atoms with Crippen molar-refractivity contribution < 1.29 is 9.53 Å². The largest absolute Gasteiger partial charge is 0.491 e. The van der Waals surface area contributed by atoms with Crippen LogP contribution in [-0.2, 0) is 24.1 Å². The Hall–Kier alpha value is -3.01. The fourth-order valence-electron chi connectivity index (χ4n) is 4.55. The molecule has 1 aliphatic carbocycles. The van der Waals surface area contributed by atoms with E-state index in [-0.39, 0.29) is 11.9 Å². The molecule has 4 rings (SSSR count). The van der Waals surface area contributed by atoms with Crippen LogP contribution in [0.2, 0.25) is 0 Å². The first-order valence-electron chi connectivity index (χ1n) is 12.2. The number of aryl methyl sites for hydroxylation is 1. The molecule has 0 unspecified atom stereocenters. The van der Waals surface area contributed by atoms with Gasteiger partial charge in [-0.05, 0) is 62.9 Å². The SMILES string of the molecule is Cc1ccc(CC(=O)Cc2ncc(-c3ccc(OC(C)C)cc3)nc2CC2CCCC2)cc1. The Morgan fingerprint density at radius 1 is 0.970 bits per heavy atom. The first kappa shape index (κ1) is 23.2. The minimum absolute atomic E-state index is 0.144. The number of carbonyl (C=O) groups excluding carboxylic acids is 1. The molecular formula is C29H34N2O2. The molecule has 0 saturated heterocycles. The van der Waals surface area contributed by atoms with Gasteiger partial charge in [0.15, 0.2) is 0 Å². The number of ether oxygens (including phenoxy) is 1. The lowest BCUT2D eigenvalue weighted by Crippen LogP contribution is -2.13. The zero-order valence-electron chi connectivity index (χ0n) is 20.0. The van der Waals surface area contributed by atoms with E-state index in [0.717, 1.165) is 40.4 Å². The Morgan fingerprint density at radius 2 is 1.67 bits per heavy atom. The van der Waals surface area contributed by atoms with Crippen molar-refractivity contribution in [2.75, 3.05) is 0 Å². The summed E-state index contributed by atoms with van der Waals surface area (Å²) in [5.74, 6) is 1.68. The molecule has 4 nitrogen and oxygen atoms in total. The Bertz CT molecular complexity index is 1070. The van der Waals surface area contributed by atoms with Crippen molar-refractivity contribution in [3.8, 4) is 17.0 Å². The Kier molecular flexibility index (Phi) is 7.54. The molecule has 1 saturated carbocycles. The molecule has 0 bridgehead atoms. The number of hydrogen-bond acceptors (Lipinski definition) is 4. The van der Waals surface area contributed by atoms with Crippen molar-refractivity contribution >= 4 is 5.78 Å². The monoisotopic (exact) mass is 442 g/mol. The number of Topliss-reactive ketones (excluding diaryl/α,β-unsaturated/α-hetero) is 1. The van der Waals surface area contributed by atoms with E-state index in [1.54, 1.807) is 0 Å². The van der Waals surface area contributed by atoms with Crippen LogP contribution in [0.5, 0.6) is 5.75 Å². The molecule has 0 N–H and O–H groups in total. The van der Waals surface area contributed by atoms with Crippen molar-refractivity contribution in [1.29, 1.82) is 0 Å². The van der Waals surface area contributed by atoms with Gasteiger partial charge in [-0.25, -0.2) is 4.98 Å². The van der Waals surface area contributed by atoms with Crippen LogP contribution in [-0.4, -0.2) is 21.9 Å². The molecule has 0 amide bonds. The fourth-order valence-corrected chi connectivity index (χ4v) is 4.55. The van der Waals surface area contributed by atoms with E-state index < -0.39 is 0 Å². The van der Waals surface area contributed by atoms with Crippen LogP contribution in [0.15, 0.2) is 54.7 Å². The molecule has 0 spiro atoms. The molecular weight excluding hydrogens is 408 g/mol. The Morgan fingerprint density at radius 3 is 2.33 bits per heavy atom. The first-order chi connectivity index (χ1) is 16.0. The van der Waals surface area contributed by atoms with E-state index in [4.69, 9.17) is 14.7 Å². The average Bonchev–Trinajstić information content (AvgIpc) is 3.30. The number of benzene rings is 2. The topological polar surface area (TPSA) is 52.1 Å². The summed E-state index contributed by atoms with van der Waals surface area (Å²) in [6, 6.07) is 16.2. The van der Waals surface area contributed by atoms with Gasteiger partial charge in [-0.2, -0.15) is 0 Å². The molecule has 2 aromatic carbocycles. The molecule has 4 heteroatoms. The third-order valence-corrected chi connectivity index (χ3v) is 6.30. The van der Waals surface area contributed by atoms with Gasteiger partial charge in [-0.3, -0.25) is 9.78 Å². The standard InChI is InChI=1S/C29H34N2O2/c1-20(2)33-26-14-12-24(13-15-26)29-19-30-27(28(31-29)17-22-6-4-5-7-22)18-25(32)16-23-10-8-21(3)9-11-23/h8-15,19-20,22H,4-7,16-18H2,1-3H3. The molecule has 0 atom stereocenters. The highest BCUT2D eigenvalue weighted by molar-refractivity contribution is 5.83. The molecule has 1 aliphatic rings. The van der Waals surface area contributed by atoms with Gasteiger partial charge in [0, 0.05) is 12.0 Å². The first-order valence-corrected chi connectivity index (χ1v) is 12.2. The van der Waals surface area contributed by atoms with Crippen LogP contribution in [0.1, 0.15) is 62.0 Å². The predicted octanol–water partition coefficient (Wildman–Crippen LogP) is 6.33. The van der Waals surface area contributed by atoms with Crippen LogP contribution in [0.25, 0.3) is 11.3 Å². The van der Waals surface area contributed by atoms with Gasteiger partial charge in [0.1, 0.15) is 11.5 Å². The molecule has 172 valence electrons. The van der Waals surface area contributed by atoms with Gasteiger partial charge < -0.3 is 4.74 Å². The number of rotatable bonds is 9. The second-order valence-corrected chi connectivity index (χ2v) is 9.57. The maximum absolute atomic E-state index is 12.9. The lowest BCUT2D eigenvalue weighted by molar-refractivity contribution is -0.117. The summed E-state index contributed by atoms with van der Waals surface area (Å²) in [7, 11) is 0. The van der Waals surface area contributed by atoms with Gasteiger partial charge >= 0.3 is 0 Å². The predicted molar refractivity (Wildman–Crippen MR) is 132 cm³/mol. The summed E-state index contributed by atoms with van der Waals surface area (Å²) in [5.41, 5.74) is 5.95. The summed E-state index contributed by atoms with van der Waals surface area (Å²) >= 11 is 0. The van der Waals surface area contributed by atoms with Gasteiger partial charge in [0.25, 0.3) is 0 Å². The maximum atomic E-state index is 12.9. The van der Waals surface area contributed by atoms with Gasteiger partial charge in [0.2, 0.25) is 0 Å². The fraction of sp³-hybridized carbons (Fsp3) is 0.414. The van der Waals surface area contributed by atoms with Crippen molar-refractivity contribution in [2.45, 2.75) is 71.8 Å². The lowest BCUT2D eigenvalue weighted by atomic mass is 9.97. The van der Waals surface area contributed by atoms with Crippen LogP contribution >= 0.6 is 0 Å². The third kappa shape index (κ3) is 6.50. The van der Waals surface area contributed by atoms with Crippen LogP contribution in [0.3, 0.4) is 0 Å². The number of nitrogens with zero attached hydrogens (tertiary/aromatic N) is 2. The molecule has 3 aromatic rings. The summed E-state index contributed by atoms with van der Waals surface area (Å²) in [4.78, 5) is 22.6. The van der Waals surface area contributed by atoms with E-state index in [1.807, 2.05) is 56.4 Å². The summed E-state index contributed by atoms with van der Waals surface area (Å²) < 4.78 is 5.76. The maximum Gasteiger partial charge on any atom is 0.143 e. The van der Waals surface area contributed by atoms with Crippen molar-refractivity contribution in [1.82, 2.24) is 9.97 Å². The van der Waals surface area contributed by atoms with Gasteiger partial charge in [-0.1, -0.05) is 55.5 Å². The van der Waals surface area contributed by atoms with E-state index >= 15 is 0 Å². The van der Waals surface area contributed by atoms with Gasteiger partial charge in [-0.15, -0.1) is 0 Å². The van der Waals surface area contributed by atoms with E-state index in [0.29, 0.717) is 18.8 Å². The Balaban J connectivity index is 1.54. The van der Waals surface area contributed by atoms with Crippen LogP contribution < -0.4 is 4.74 Å². The minimum atomic E-state index is 0.144. The van der Waals surface area contributed by atoms with Crippen molar-refractivity contribution in [3.63, 3.8) is 0 Å². The van der Waals surface area contributed by atoms with Gasteiger partial charge in [0.05, 0.1) is 35.8 Å². The van der Waals surface area contributed by atoms with Crippen molar-refractivity contribution in [3.05, 3.63) is 77.2 Å². The number of carbonyl (C=O) groups is 1. The van der Waals surface area contributed by atoms with Crippen molar-refractivity contribution in [2.24, 2.45) is 5.92 Å². The lowest BCUT2D eigenvalue weighted by Gasteiger charge is -2.14. The minimum Gasteiger partial charge on any atom is -0.491 e. The summed E-state index contributed by atoms with van der Waals surface area (Å²) in [5, 5.41) is 0. The highest BCUT2D eigenvalue weighted by Crippen LogP contribution is 2.29. The second kappa shape index (κ2) is 10.7. The molecule has 0 aliphatic heterocycles. The number of ketones is 1. The smallest absolute Gasteiger partial charge is 0.143 e. The highest BCUT2D eigenvalue weighted by Gasteiger charge is 2.20. The molecule has 33 heavy (non-hydrogen) atoms. The highest BCUT2D eigenvalue weighted by atomic mass is 16.5. The number of aromatic nitrogens is 2. The van der Waals surface area contributed by atoms with Crippen LogP contribution in [0, 0.1) is 12.8 Å². The van der Waals surface area contributed by atoms with Crippen LogP contribution in [0.4, 0.5) is 0 Å². The molecule has 0 radical (unpaired) electrons. The van der Waals surface area contributed by atoms with E-state index in [1.165, 1.54) is 31.2 Å². The molecule has 1 heterocycles. The Labute approximate surface area is 197 Å². The molecule has 1 aromatic heterocycles.